The van der Waals surface area contributed by atoms with Crippen LogP contribution in [0.15, 0.2) is 61.1 Å². The SMILES string of the molecule is [B]C(Nc1cc(Cl)c2ncc(C#N)c(Nc3cnc(F)c(F)c3)c2c1)(c1ccc(F)cc1)c1cn(CF)nn1. The van der Waals surface area contributed by atoms with Crippen molar-refractivity contribution in [3.63, 3.8) is 0 Å². The fourth-order valence-electron chi connectivity index (χ4n) is 3.95. The molecule has 5 aromatic rings. The molecule has 2 radical (unpaired) electrons. The summed E-state index contributed by atoms with van der Waals surface area (Å²) in [5.41, 5.74) is -0.258. The van der Waals surface area contributed by atoms with Crippen molar-refractivity contribution in [2.75, 3.05) is 10.6 Å². The molecular formula is C25H14BClF4N8. The first-order valence-corrected chi connectivity index (χ1v) is 11.5. The molecule has 3 aromatic heterocycles. The number of hydrogen-bond donors (Lipinski definition) is 2. The number of hydrogen-bond acceptors (Lipinski definition) is 7. The number of pyridine rings is 2. The summed E-state index contributed by atoms with van der Waals surface area (Å²) in [6.07, 6.45) is 3.62. The van der Waals surface area contributed by atoms with E-state index in [1.165, 1.54) is 42.7 Å². The molecule has 1 atom stereocenters. The number of nitriles is 1. The molecule has 0 bridgehead atoms. The van der Waals surface area contributed by atoms with E-state index in [0.29, 0.717) is 16.6 Å². The highest BCUT2D eigenvalue weighted by molar-refractivity contribution is 6.36. The maximum atomic E-state index is 13.8. The molecule has 0 saturated carbocycles. The Morgan fingerprint density at radius 3 is 2.49 bits per heavy atom. The van der Waals surface area contributed by atoms with Crippen LogP contribution in [0.1, 0.15) is 16.8 Å². The third-order valence-electron chi connectivity index (χ3n) is 5.82. The molecule has 0 fully saturated rings. The number of halogens is 5. The van der Waals surface area contributed by atoms with Crippen molar-refractivity contribution in [1.29, 1.82) is 5.26 Å². The van der Waals surface area contributed by atoms with Crippen LogP contribution in [-0.4, -0.2) is 32.8 Å². The number of alkyl halides is 1. The van der Waals surface area contributed by atoms with Crippen molar-refractivity contribution < 1.29 is 17.6 Å². The van der Waals surface area contributed by atoms with Gasteiger partial charge in [-0.3, -0.25) is 4.98 Å². The van der Waals surface area contributed by atoms with Gasteiger partial charge in [-0.2, -0.15) is 9.65 Å². The minimum Gasteiger partial charge on any atom is -0.378 e. The Kier molecular flexibility index (Phi) is 6.80. The third kappa shape index (κ3) is 4.94. The smallest absolute Gasteiger partial charge is 0.249 e. The van der Waals surface area contributed by atoms with Crippen molar-refractivity contribution in [3.05, 3.63) is 100 Å². The number of anilines is 3. The van der Waals surface area contributed by atoms with Crippen LogP contribution in [0.5, 0.6) is 0 Å². The summed E-state index contributed by atoms with van der Waals surface area (Å²) in [5.74, 6) is -2.97. The number of nitrogens with zero attached hydrogens (tertiary/aromatic N) is 6. The summed E-state index contributed by atoms with van der Waals surface area (Å²) < 4.78 is 55.0. The normalized spacial score (nSPS) is 12.6. The van der Waals surface area contributed by atoms with Gasteiger partial charge in [0.1, 0.15) is 25.4 Å². The number of fused-ring (bicyclic) bond motifs is 1. The van der Waals surface area contributed by atoms with Gasteiger partial charge in [0.25, 0.3) is 0 Å². The van der Waals surface area contributed by atoms with Crippen LogP contribution in [0.3, 0.4) is 0 Å². The topological polar surface area (TPSA) is 104 Å². The summed E-state index contributed by atoms with van der Waals surface area (Å²) in [5, 5.41) is 23.8. The first-order valence-electron chi connectivity index (χ1n) is 11.1. The first-order chi connectivity index (χ1) is 18.7. The molecule has 39 heavy (non-hydrogen) atoms. The van der Waals surface area contributed by atoms with Crippen molar-refractivity contribution in [1.82, 2.24) is 25.0 Å². The van der Waals surface area contributed by atoms with Crippen molar-refractivity contribution >= 4 is 47.4 Å². The van der Waals surface area contributed by atoms with Crippen LogP contribution in [0.25, 0.3) is 10.9 Å². The zero-order valence-electron chi connectivity index (χ0n) is 19.6. The lowest BCUT2D eigenvalue weighted by Crippen LogP contribution is -2.37. The molecule has 2 aromatic carbocycles. The lowest BCUT2D eigenvalue weighted by atomic mass is 9.69. The molecule has 8 nitrogen and oxygen atoms in total. The second-order valence-corrected chi connectivity index (χ2v) is 8.74. The first kappa shape index (κ1) is 25.9. The molecule has 14 heteroatoms. The van der Waals surface area contributed by atoms with Gasteiger partial charge in [0, 0.05) is 23.3 Å². The van der Waals surface area contributed by atoms with Gasteiger partial charge in [-0.1, -0.05) is 28.9 Å². The molecule has 0 saturated heterocycles. The van der Waals surface area contributed by atoms with E-state index >= 15 is 0 Å². The van der Waals surface area contributed by atoms with E-state index in [9.17, 15) is 22.8 Å². The fourth-order valence-corrected chi connectivity index (χ4v) is 4.22. The maximum absolute atomic E-state index is 13.8. The maximum Gasteiger partial charge on any atom is 0.249 e. The molecule has 0 spiro atoms. The number of aromatic nitrogens is 5. The van der Waals surface area contributed by atoms with Crippen LogP contribution >= 0.6 is 11.6 Å². The van der Waals surface area contributed by atoms with Gasteiger partial charge in [0.05, 0.1) is 45.3 Å². The lowest BCUT2D eigenvalue weighted by Gasteiger charge is -2.31. The third-order valence-corrected chi connectivity index (χ3v) is 6.11. The van der Waals surface area contributed by atoms with E-state index in [1.807, 2.05) is 6.07 Å². The zero-order valence-corrected chi connectivity index (χ0v) is 20.4. The quantitative estimate of drug-likeness (QED) is 0.161. The molecule has 0 aliphatic carbocycles. The predicted octanol–water partition coefficient (Wildman–Crippen LogP) is 5.32. The van der Waals surface area contributed by atoms with Gasteiger partial charge in [0.2, 0.25) is 5.95 Å². The zero-order chi connectivity index (χ0) is 27.7. The summed E-state index contributed by atoms with van der Waals surface area (Å²) in [4.78, 5) is 7.60. The van der Waals surface area contributed by atoms with Gasteiger partial charge >= 0.3 is 0 Å². The molecule has 5 rings (SSSR count). The summed E-state index contributed by atoms with van der Waals surface area (Å²) in [6, 6.07) is 11.2. The van der Waals surface area contributed by atoms with Gasteiger partial charge in [-0.15, -0.1) is 5.10 Å². The van der Waals surface area contributed by atoms with E-state index in [0.717, 1.165) is 16.9 Å². The minimum atomic E-state index is -1.64. The number of benzene rings is 2. The Morgan fingerprint density at radius 2 is 1.82 bits per heavy atom. The number of rotatable bonds is 7. The average molecular weight is 549 g/mol. The molecule has 2 N–H and O–H groups in total. The fraction of sp³-hybridized carbons (Fsp3) is 0.0800. The second-order valence-electron chi connectivity index (χ2n) is 8.34. The van der Waals surface area contributed by atoms with Gasteiger partial charge in [0.15, 0.2) is 12.6 Å². The van der Waals surface area contributed by atoms with Crippen LogP contribution in [0.4, 0.5) is 34.6 Å². The van der Waals surface area contributed by atoms with Gasteiger partial charge < -0.3 is 10.6 Å². The average Bonchev–Trinajstić information content (AvgIpc) is 3.42. The molecular weight excluding hydrogens is 535 g/mol. The van der Waals surface area contributed by atoms with Gasteiger partial charge in [-0.05, 0) is 29.8 Å². The Bertz CT molecular complexity index is 1740. The highest BCUT2D eigenvalue weighted by Gasteiger charge is 2.32. The van der Waals surface area contributed by atoms with E-state index in [2.05, 4.69) is 30.9 Å². The van der Waals surface area contributed by atoms with E-state index < -0.39 is 29.8 Å². The molecule has 0 aliphatic heterocycles. The Labute approximate surface area is 224 Å². The largest absolute Gasteiger partial charge is 0.378 e. The van der Waals surface area contributed by atoms with Crippen molar-refractivity contribution in [2.24, 2.45) is 0 Å². The molecule has 0 aliphatic rings. The van der Waals surface area contributed by atoms with Crippen LogP contribution in [0, 0.1) is 28.9 Å². The Morgan fingerprint density at radius 1 is 1.05 bits per heavy atom. The minimum absolute atomic E-state index is 0.0645. The molecule has 192 valence electrons. The highest BCUT2D eigenvalue weighted by atomic mass is 35.5. The standard InChI is InChI=1S/C25H14BClF4N8/c26-25(14-1-3-15(29)4-2-14,21-11-39(12-28)38-37-21)36-16-5-18-22(35-17-7-20(30)24(31)34-10-17)13(8-32)9-33-23(18)19(27)6-16/h1-7,9-11,36H,12H2,(H,33,35). The second kappa shape index (κ2) is 10.2. The highest BCUT2D eigenvalue weighted by Crippen LogP contribution is 2.37. The van der Waals surface area contributed by atoms with Crippen LogP contribution in [-0.2, 0) is 12.2 Å². The van der Waals surface area contributed by atoms with Gasteiger partial charge in [-0.25, -0.2) is 22.8 Å². The molecule has 0 amide bonds. The molecule has 1 unspecified atom stereocenters. The van der Waals surface area contributed by atoms with E-state index in [1.54, 1.807) is 6.07 Å². The lowest BCUT2D eigenvalue weighted by molar-refractivity contribution is 0.343. The molecule has 3 heterocycles. The summed E-state index contributed by atoms with van der Waals surface area (Å²) in [6.45, 7) is -0.954. The van der Waals surface area contributed by atoms with E-state index in [4.69, 9.17) is 19.4 Å². The number of nitrogens with one attached hydrogen (secondary N) is 2. The van der Waals surface area contributed by atoms with Crippen molar-refractivity contribution in [3.8, 4) is 6.07 Å². The summed E-state index contributed by atoms with van der Waals surface area (Å²) >= 11 is 6.54. The Hall–Kier alpha value is -4.70. The van der Waals surface area contributed by atoms with Crippen LogP contribution in [0.2, 0.25) is 5.02 Å². The van der Waals surface area contributed by atoms with Crippen LogP contribution < -0.4 is 10.6 Å². The summed E-state index contributed by atoms with van der Waals surface area (Å²) in [7, 11) is 6.75. The predicted molar refractivity (Wildman–Crippen MR) is 137 cm³/mol. The van der Waals surface area contributed by atoms with E-state index in [-0.39, 0.29) is 33.2 Å². The monoisotopic (exact) mass is 548 g/mol. The van der Waals surface area contributed by atoms with Crippen molar-refractivity contribution in [2.45, 2.75) is 12.2 Å². The Balaban J connectivity index is 1.65.